The van der Waals surface area contributed by atoms with Crippen molar-refractivity contribution in [2.45, 2.75) is 4.90 Å². The van der Waals surface area contributed by atoms with Gasteiger partial charge in [0.1, 0.15) is 0 Å². The number of likely N-dealkylation sites (N-methyl/N-ethyl adjacent to an activating group) is 1. The van der Waals surface area contributed by atoms with Crippen molar-refractivity contribution in [3.8, 4) is 0 Å². The Hall–Kier alpha value is -2.02. The number of carbonyl (C=O) groups excluding carboxylic acids is 2. The molecule has 7 heteroatoms. The summed E-state index contributed by atoms with van der Waals surface area (Å²) in [4.78, 5) is 26.9. The first-order valence-electron chi connectivity index (χ1n) is 7.65. The summed E-state index contributed by atoms with van der Waals surface area (Å²) in [5.41, 5.74) is 1.40. The number of carbonyl (C=O) groups is 2. The maximum atomic E-state index is 12.2. The van der Waals surface area contributed by atoms with Crippen LogP contribution in [0.15, 0.2) is 53.4 Å². The zero-order valence-electron chi connectivity index (χ0n) is 14.1. The minimum Gasteiger partial charge on any atom is -0.325 e. The van der Waals surface area contributed by atoms with Gasteiger partial charge in [-0.1, -0.05) is 29.8 Å². The first-order chi connectivity index (χ1) is 12.0. The van der Waals surface area contributed by atoms with E-state index in [1.807, 2.05) is 30.5 Å². The lowest BCUT2D eigenvalue weighted by atomic mass is 10.3. The van der Waals surface area contributed by atoms with E-state index in [0.717, 1.165) is 10.6 Å². The van der Waals surface area contributed by atoms with Gasteiger partial charge in [0.25, 0.3) is 0 Å². The monoisotopic (exact) mass is 377 g/mol. The van der Waals surface area contributed by atoms with Crippen molar-refractivity contribution in [2.24, 2.45) is 0 Å². The first-order valence-corrected chi connectivity index (χ1v) is 9.25. The summed E-state index contributed by atoms with van der Waals surface area (Å²) in [7, 11) is 1.72. The number of amides is 2. The molecule has 0 atom stereocenters. The van der Waals surface area contributed by atoms with Gasteiger partial charge in [0.2, 0.25) is 11.8 Å². The first kappa shape index (κ1) is 19.3. The second-order valence-corrected chi connectivity index (χ2v) is 6.76. The van der Waals surface area contributed by atoms with Gasteiger partial charge < -0.3 is 10.6 Å². The van der Waals surface area contributed by atoms with Crippen LogP contribution in [0.5, 0.6) is 0 Å². The summed E-state index contributed by atoms with van der Waals surface area (Å²) >= 11 is 7.45. The molecule has 0 aliphatic heterocycles. The van der Waals surface area contributed by atoms with E-state index in [9.17, 15) is 9.59 Å². The van der Waals surface area contributed by atoms with Crippen molar-refractivity contribution in [1.29, 1.82) is 0 Å². The normalized spacial score (nSPS) is 10.6. The standard InChI is InChI=1S/C18H20ClN3O2S/c1-22(11-17(23)20-14-7-5-6-13(19)10-14)12-18(24)21-15-8-3-4-9-16(15)25-2/h3-10H,11-12H2,1-2H3,(H,20,23)(H,21,24). The molecule has 0 radical (unpaired) electrons. The number of rotatable bonds is 7. The van der Waals surface area contributed by atoms with Crippen molar-refractivity contribution in [2.75, 3.05) is 37.0 Å². The molecule has 0 aliphatic rings. The smallest absolute Gasteiger partial charge is 0.238 e. The number of anilines is 2. The molecule has 2 aromatic carbocycles. The highest BCUT2D eigenvalue weighted by molar-refractivity contribution is 7.98. The fraction of sp³-hybridized carbons (Fsp3) is 0.222. The summed E-state index contributed by atoms with van der Waals surface area (Å²) in [6.07, 6.45) is 1.96. The Morgan fingerprint density at radius 3 is 2.40 bits per heavy atom. The Morgan fingerprint density at radius 2 is 1.72 bits per heavy atom. The van der Waals surface area contributed by atoms with E-state index in [0.29, 0.717) is 10.7 Å². The van der Waals surface area contributed by atoms with E-state index in [2.05, 4.69) is 10.6 Å². The van der Waals surface area contributed by atoms with E-state index in [4.69, 9.17) is 11.6 Å². The van der Waals surface area contributed by atoms with Crippen LogP contribution in [0.2, 0.25) is 5.02 Å². The van der Waals surface area contributed by atoms with Crippen LogP contribution in [-0.4, -0.2) is 43.1 Å². The van der Waals surface area contributed by atoms with Gasteiger partial charge in [-0.2, -0.15) is 0 Å². The van der Waals surface area contributed by atoms with E-state index in [1.54, 1.807) is 48.0 Å². The number of nitrogens with zero attached hydrogens (tertiary/aromatic N) is 1. The minimum atomic E-state index is -0.206. The number of thioether (sulfide) groups is 1. The van der Waals surface area contributed by atoms with Gasteiger partial charge in [-0.25, -0.2) is 0 Å². The second-order valence-electron chi connectivity index (χ2n) is 5.48. The zero-order valence-corrected chi connectivity index (χ0v) is 15.7. The Kier molecular flexibility index (Phi) is 7.31. The van der Waals surface area contributed by atoms with Gasteiger partial charge in [0, 0.05) is 15.6 Å². The van der Waals surface area contributed by atoms with Crippen molar-refractivity contribution in [3.63, 3.8) is 0 Å². The fourth-order valence-corrected chi connectivity index (χ4v) is 2.99. The predicted octanol–water partition coefficient (Wildman–Crippen LogP) is 3.57. The van der Waals surface area contributed by atoms with Crippen LogP contribution in [0, 0.1) is 0 Å². The highest BCUT2D eigenvalue weighted by Crippen LogP contribution is 2.24. The van der Waals surface area contributed by atoms with E-state index in [-0.39, 0.29) is 24.9 Å². The van der Waals surface area contributed by atoms with Crippen LogP contribution in [0.3, 0.4) is 0 Å². The molecule has 0 unspecified atom stereocenters. The average Bonchev–Trinajstić information content (AvgIpc) is 2.54. The van der Waals surface area contributed by atoms with Crippen molar-refractivity contribution >= 4 is 46.6 Å². The lowest BCUT2D eigenvalue weighted by Gasteiger charge is -2.17. The van der Waals surface area contributed by atoms with E-state index < -0.39 is 0 Å². The third kappa shape index (κ3) is 6.42. The lowest BCUT2D eigenvalue weighted by Crippen LogP contribution is -2.36. The van der Waals surface area contributed by atoms with Gasteiger partial charge in [-0.15, -0.1) is 11.8 Å². The third-order valence-corrected chi connectivity index (χ3v) is 4.35. The molecular formula is C18H20ClN3O2S. The van der Waals surface area contributed by atoms with Crippen molar-refractivity contribution in [1.82, 2.24) is 4.90 Å². The van der Waals surface area contributed by atoms with Gasteiger partial charge >= 0.3 is 0 Å². The Labute approximate surface area is 156 Å². The highest BCUT2D eigenvalue weighted by atomic mass is 35.5. The molecule has 0 fully saturated rings. The quantitative estimate of drug-likeness (QED) is 0.724. The van der Waals surface area contributed by atoms with Crippen LogP contribution in [0.25, 0.3) is 0 Å². The lowest BCUT2D eigenvalue weighted by molar-refractivity contribution is -0.119. The predicted molar refractivity (Wildman–Crippen MR) is 104 cm³/mol. The maximum Gasteiger partial charge on any atom is 0.238 e. The molecule has 0 spiro atoms. The van der Waals surface area contributed by atoms with Crippen LogP contribution >= 0.6 is 23.4 Å². The number of hydrogen-bond donors (Lipinski definition) is 2. The summed E-state index contributed by atoms with van der Waals surface area (Å²) in [6, 6.07) is 14.5. The second kappa shape index (κ2) is 9.46. The Morgan fingerprint density at radius 1 is 1.04 bits per heavy atom. The topological polar surface area (TPSA) is 61.4 Å². The number of nitrogens with one attached hydrogen (secondary N) is 2. The molecule has 2 rings (SSSR count). The van der Waals surface area contributed by atoms with Gasteiger partial charge in [-0.05, 0) is 43.6 Å². The molecule has 0 saturated heterocycles. The number of hydrogen-bond acceptors (Lipinski definition) is 4. The molecule has 2 aromatic rings. The highest BCUT2D eigenvalue weighted by Gasteiger charge is 2.12. The Balaban J connectivity index is 1.83. The average molecular weight is 378 g/mol. The molecule has 0 heterocycles. The van der Waals surface area contributed by atoms with Crippen LogP contribution in [-0.2, 0) is 9.59 Å². The van der Waals surface area contributed by atoms with Crippen LogP contribution in [0.1, 0.15) is 0 Å². The molecule has 5 nitrogen and oxygen atoms in total. The summed E-state index contributed by atoms with van der Waals surface area (Å²) in [5, 5.41) is 6.18. The summed E-state index contributed by atoms with van der Waals surface area (Å²) in [5.74, 6) is -0.373. The SMILES string of the molecule is CSc1ccccc1NC(=O)CN(C)CC(=O)Nc1cccc(Cl)c1. The summed E-state index contributed by atoms with van der Waals surface area (Å²) in [6.45, 7) is 0.218. The molecule has 132 valence electrons. The largest absolute Gasteiger partial charge is 0.325 e. The fourth-order valence-electron chi connectivity index (χ4n) is 2.25. The number of benzene rings is 2. The summed E-state index contributed by atoms with van der Waals surface area (Å²) < 4.78 is 0. The van der Waals surface area contributed by atoms with Crippen LogP contribution < -0.4 is 10.6 Å². The minimum absolute atomic E-state index is 0.101. The van der Waals surface area contributed by atoms with E-state index >= 15 is 0 Å². The molecule has 2 N–H and O–H groups in total. The third-order valence-electron chi connectivity index (χ3n) is 3.32. The molecule has 0 aromatic heterocycles. The Bertz CT molecular complexity index is 755. The molecular weight excluding hydrogens is 358 g/mol. The molecule has 25 heavy (non-hydrogen) atoms. The maximum absolute atomic E-state index is 12.2. The molecule has 0 bridgehead atoms. The number of halogens is 1. The molecule has 0 saturated carbocycles. The van der Waals surface area contributed by atoms with Gasteiger partial charge in [0.15, 0.2) is 0 Å². The van der Waals surface area contributed by atoms with Gasteiger partial charge in [0.05, 0.1) is 18.8 Å². The van der Waals surface area contributed by atoms with E-state index in [1.165, 1.54) is 0 Å². The molecule has 0 aliphatic carbocycles. The van der Waals surface area contributed by atoms with Crippen LogP contribution in [0.4, 0.5) is 11.4 Å². The van der Waals surface area contributed by atoms with Gasteiger partial charge in [-0.3, -0.25) is 14.5 Å². The molecule has 2 amide bonds. The zero-order chi connectivity index (χ0) is 18.2. The number of para-hydroxylation sites is 1. The van der Waals surface area contributed by atoms with Crippen molar-refractivity contribution < 1.29 is 9.59 Å². The van der Waals surface area contributed by atoms with Crippen molar-refractivity contribution in [3.05, 3.63) is 53.6 Å².